The minimum absolute atomic E-state index is 0.157. The molecule has 0 unspecified atom stereocenters. The van der Waals surface area contributed by atoms with E-state index in [-0.39, 0.29) is 29.2 Å². The van der Waals surface area contributed by atoms with Crippen molar-refractivity contribution in [1.29, 1.82) is 0 Å². The number of carbonyl (C=O) groups is 3. The molecule has 8 nitrogen and oxygen atoms in total. The Morgan fingerprint density at radius 2 is 1.58 bits per heavy atom. The van der Waals surface area contributed by atoms with Crippen LogP contribution in [0.1, 0.15) is 56.3 Å². The molecular formula is C25H25N5O3. The molecule has 1 aliphatic rings. The van der Waals surface area contributed by atoms with Crippen molar-refractivity contribution >= 4 is 35.0 Å². The zero-order valence-electron chi connectivity index (χ0n) is 19.0. The maximum atomic E-state index is 12.9. The first-order valence-corrected chi connectivity index (χ1v) is 10.7. The molecule has 8 heteroatoms. The lowest BCUT2D eigenvalue weighted by atomic mass is 10.1. The summed E-state index contributed by atoms with van der Waals surface area (Å²) < 4.78 is 0. The Kier molecular flexibility index (Phi) is 5.91. The number of imide groups is 1. The smallest absolute Gasteiger partial charge is 0.261 e. The minimum atomic E-state index is -0.375. The van der Waals surface area contributed by atoms with Crippen LogP contribution in [-0.4, -0.2) is 39.1 Å². The molecule has 4 rings (SSSR count). The SMILES string of the molecule is Cc1cc(C)nc(Nc2cccc(NC(=O)c3ccc4c(c3)C(=O)N(CC(C)C)C4=O)c2)n1. The van der Waals surface area contributed by atoms with Crippen molar-refractivity contribution in [2.24, 2.45) is 5.92 Å². The number of fused-ring (bicyclic) bond motifs is 1. The lowest BCUT2D eigenvalue weighted by molar-refractivity contribution is 0.0636. The van der Waals surface area contributed by atoms with E-state index in [2.05, 4.69) is 20.6 Å². The molecule has 168 valence electrons. The summed E-state index contributed by atoms with van der Waals surface area (Å²) in [6.45, 7) is 8.02. The van der Waals surface area contributed by atoms with E-state index < -0.39 is 0 Å². The largest absolute Gasteiger partial charge is 0.324 e. The van der Waals surface area contributed by atoms with Gasteiger partial charge in [0.25, 0.3) is 17.7 Å². The fourth-order valence-electron chi connectivity index (χ4n) is 3.75. The molecule has 0 fully saturated rings. The fraction of sp³-hybridized carbons (Fsp3) is 0.240. The Hall–Kier alpha value is -4.07. The van der Waals surface area contributed by atoms with Gasteiger partial charge in [-0.1, -0.05) is 19.9 Å². The monoisotopic (exact) mass is 443 g/mol. The predicted molar refractivity (Wildman–Crippen MR) is 126 cm³/mol. The Morgan fingerprint density at radius 1 is 0.909 bits per heavy atom. The van der Waals surface area contributed by atoms with Crippen LogP contribution in [0.4, 0.5) is 17.3 Å². The number of aryl methyl sites for hydroxylation is 2. The molecule has 2 aromatic carbocycles. The lowest BCUT2D eigenvalue weighted by Gasteiger charge is -2.15. The molecule has 3 amide bonds. The second kappa shape index (κ2) is 8.82. The molecule has 0 bridgehead atoms. The van der Waals surface area contributed by atoms with Crippen LogP contribution in [0.3, 0.4) is 0 Å². The van der Waals surface area contributed by atoms with Crippen molar-refractivity contribution in [1.82, 2.24) is 14.9 Å². The predicted octanol–water partition coefficient (Wildman–Crippen LogP) is 4.34. The third kappa shape index (κ3) is 4.74. The first-order chi connectivity index (χ1) is 15.7. The normalized spacial score (nSPS) is 12.8. The molecule has 2 heterocycles. The average Bonchev–Trinajstić information content (AvgIpc) is 2.97. The van der Waals surface area contributed by atoms with Crippen molar-refractivity contribution in [2.45, 2.75) is 27.7 Å². The van der Waals surface area contributed by atoms with Gasteiger partial charge in [-0.3, -0.25) is 19.3 Å². The average molecular weight is 444 g/mol. The van der Waals surface area contributed by atoms with Gasteiger partial charge >= 0.3 is 0 Å². The van der Waals surface area contributed by atoms with Gasteiger partial charge < -0.3 is 10.6 Å². The molecule has 0 aliphatic carbocycles. The second-order valence-corrected chi connectivity index (χ2v) is 8.51. The first kappa shape index (κ1) is 22.1. The van der Waals surface area contributed by atoms with Crippen LogP contribution in [-0.2, 0) is 0 Å². The third-order valence-corrected chi connectivity index (χ3v) is 5.14. The van der Waals surface area contributed by atoms with Crippen molar-refractivity contribution < 1.29 is 14.4 Å². The third-order valence-electron chi connectivity index (χ3n) is 5.14. The minimum Gasteiger partial charge on any atom is -0.324 e. The standard InChI is InChI=1S/C25H25N5O3/c1-14(2)13-30-23(32)20-9-8-17(11-21(20)24(30)33)22(31)28-18-6-5-7-19(12-18)29-25-26-15(3)10-16(4)27-25/h5-12,14H,13H2,1-4H3,(H,28,31)(H,26,27,29). The van der Waals surface area contributed by atoms with Gasteiger partial charge in [0, 0.05) is 34.9 Å². The summed E-state index contributed by atoms with van der Waals surface area (Å²) in [5.74, 6) is -0.421. The number of hydrogen-bond donors (Lipinski definition) is 2. The Labute approximate surface area is 192 Å². The maximum Gasteiger partial charge on any atom is 0.261 e. The highest BCUT2D eigenvalue weighted by Crippen LogP contribution is 2.26. The summed E-state index contributed by atoms with van der Waals surface area (Å²) in [6.07, 6.45) is 0. The van der Waals surface area contributed by atoms with Gasteiger partial charge in [0.2, 0.25) is 5.95 Å². The van der Waals surface area contributed by atoms with E-state index in [1.165, 1.54) is 11.0 Å². The number of nitrogens with zero attached hydrogens (tertiary/aromatic N) is 3. The highest BCUT2D eigenvalue weighted by atomic mass is 16.2. The van der Waals surface area contributed by atoms with Crippen LogP contribution < -0.4 is 10.6 Å². The maximum absolute atomic E-state index is 12.9. The Bertz CT molecular complexity index is 1250. The first-order valence-electron chi connectivity index (χ1n) is 10.7. The number of hydrogen-bond acceptors (Lipinski definition) is 6. The number of benzene rings is 2. The summed E-state index contributed by atoms with van der Waals surface area (Å²) in [7, 11) is 0. The Morgan fingerprint density at radius 3 is 2.27 bits per heavy atom. The van der Waals surface area contributed by atoms with Crippen molar-refractivity contribution in [3.05, 3.63) is 76.6 Å². The summed E-state index contributed by atoms with van der Waals surface area (Å²) in [6, 6.07) is 13.7. The van der Waals surface area contributed by atoms with Crippen molar-refractivity contribution in [2.75, 3.05) is 17.2 Å². The topological polar surface area (TPSA) is 104 Å². The molecule has 1 aliphatic heterocycles. The van der Waals surface area contributed by atoms with Crippen LogP contribution >= 0.6 is 0 Å². The van der Waals surface area contributed by atoms with E-state index in [0.717, 1.165) is 17.1 Å². The summed E-state index contributed by atoms with van der Waals surface area (Å²) in [5.41, 5.74) is 3.89. The van der Waals surface area contributed by atoms with Gasteiger partial charge in [-0.05, 0) is 62.2 Å². The summed E-state index contributed by atoms with van der Waals surface area (Å²) >= 11 is 0. The van der Waals surface area contributed by atoms with E-state index in [4.69, 9.17) is 0 Å². The lowest BCUT2D eigenvalue weighted by Crippen LogP contribution is -2.33. The second-order valence-electron chi connectivity index (χ2n) is 8.51. The summed E-state index contributed by atoms with van der Waals surface area (Å²) in [5, 5.41) is 5.98. The molecular weight excluding hydrogens is 418 g/mol. The van der Waals surface area contributed by atoms with Gasteiger partial charge in [0.05, 0.1) is 11.1 Å². The van der Waals surface area contributed by atoms with Crippen LogP contribution in [0.2, 0.25) is 0 Å². The zero-order valence-corrected chi connectivity index (χ0v) is 19.0. The Balaban J connectivity index is 1.51. The van der Waals surface area contributed by atoms with E-state index >= 15 is 0 Å². The number of anilines is 3. The van der Waals surface area contributed by atoms with E-state index in [1.807, 2.05) is 39.8 Å². The van der Waals surface area contributed by atoms with Crippen LogP contribution in [0.5, 0.6) is 0 Å². The van der Waals surface area contributed by atoms with E-state index in [9.17, 15) is 14.4 Å². The van der Waals surface area contributed by atoms with Crippen LogP contribution in [0, 0.1) is 19.8 Å². The highest BCUT2D eigenvalue weighted by Gasteiger charge is 2.36. The van der Waals surface area contributed by atoms with Crippen molar-refractivity contribution in [3.8, 4) is 0 Å². The molecule has 0 atom stereocenters. The fourth-order valence-corrected chi connectivity index (χ4v) is 3.75. The number of nitrogens with one attached hydrogen (secondary N) is 2. The number of carbonyl (C=O) groups excluding carboxylic acids is 3. The quantitative estimate of drug-likeness (QED) is 0.549. The molecule has 0 saturated carbocycles. The van der Waals surface area contributed by atoms with E-state index in [0.29, 0.717) is 29.3 Å². The number of rotatable bonds is 6. The zero-order chi connectivity index (χ0) is 23.7. The van der Waals surface area contributed by atoms with Gasteiger partial charge in [-0.15, -0.1) is 0 Å². The molecule has 0 radical (unpaired) electrons. The van der Waals surface area contributed by atoms with Crippen LogP contribution in [0.15, 0.2) is 48.5 Å². The molecule has 2 N–H and O–H groups in total. The molecule has 0 spiro atoms. The summed E-state index contributed by atoms with van der Waals surface area (Å²) in [4.78, 5) is 48.0. The van der Waals surface area contributed by atoms with Gasteiger partial charge in [-0.25, -0.2) is 9.97 Å². The molecule has 1 aromatic heterocycles. The van der Waals surface area contributed by atoms with Gasteiger partial charge in [0.15, 0.2) is 0 Å². The number of aromatic nitrogens is 2. The van der Waals surface area contributed by atoms with Gasteiger partial charge in [-0.2, -0.15) is 0 Å². The van der Waals surface area contributed by atoms with Crippen molar-refractivity contribution in [3.63, 3.8) is 0 Å². The van der Waals surface area contributed by atoms with Crippen LogP contribution in [0.25, 0.3) is 0 Å². The van der Waals surface area contributed by atoms with E-state index in [1.54, 1.807) is 30.3 Å². The highest BCUT2D eigenvalue weighted by molar-refractivity contribution is 6.22. The molecule has 3 aromatic rings. The number of amides is 3. The molecule has 0 saturated heterocycles. The van der Waals surface area contributed by atoms with Gasteiger partial charge in [0.1, 0.15) is 0 Å². The molecule has 33 heavy (non-hydrogen) atoms.